The molecule has 108 valence electrons. The molecule has 0 saturated heterocycles. The molecule has 0 amide bonds. The quantitative estimate of drug-likeness (QED) is 0.630. The minimum Gasteiger partial charge on any atom is -0.271 e. The Kier molecular flexibility index (Phi) is 5.11. The molecule has 1 unspecified atom stereocenters. The van der Waals surface area contributed by atoms with Crippen molar-refractivity contribution in [2.24, 2.45) is 5.84 Å². The van der Waals surface area contributed by atoms with Crippen molar-refractivity contribution in [3.63, 3.8) is 0 Å². The molecule has 2 heterocycles. The largest absolute Gasteiger partial charge is 0.271 e. The molecule has 0 saturated carbocycles. The lowest BCUT2D eigenvalue weighted by atomic mass is 10.1. The van der Waals surface area contributed by atoms with Crippen molar-refractivity contribution in [2.75, 3.05) is 0 Å². The zero-order chi connectivity index (χ0) is 14.5. The second-order valence-electron chi connectivity index (χ2n) is 4.75. The molecule has 0 aliphatic carbocycles. The van der Waals surface area contributed by atoms with Crippen LogP contribution in [0.25, 0.3) is 0 Å². The Balaban J connectivity index is 2.14. The summed E-state index contributed by atoms with van der Waals surface area (Å²) in [5, 5.41) is 5.15. The SMILES string of the molecule is CCn1nc(C)c(Cl)c1CC(Cc1ccccn1)NN. The van der Waals surface area contributed by atoms with Crippen molar-refractivity contribution in [3.8, 4) is 0 Å². The van der Waals surface area contributed by atoms with E-state index in [0.717, 1.165) is 41.5 Å². The molecule has 0 radical (unpaired) electrons. The Morgan fingerprint density at radius 1 is 1.40 bits per heavy atom. The molecular formula is C14H20ClN5. The van der Waals surface area contributed by atoms with E-state index in [4.69, 9.17) is 17.4 Å². The summed E-state index contributed by atoms with van der Waals surface area (Å²) in [5.74, 6) is 5.67. The zero-order valence-electron chi connectivity index (χ0n) is 11.8. The molecule has 0 aromatic carbocycles. The summed E-state index contributed by atoms with van der Waals surface area (Å²) in [7, 11) is 0. The van der Waals surface area contributed by atoms with Gasteiger partial charge in [0, 0.05) is 37.3 Å². The molecule has 2 rings (SSSR count). The number of nitrogens with one attached hydrogen (secondary N) is 1. The van der Waals surface area contributed by atoms with Crippen molar-refractivity contribution in [2.45, 2.75) is 39.3 Å². The van der Waals surface area contributed by atoms with Gasteiger partial charge in [-0.25, -0.2) is 0 Å². The number of nitrogens with zero attached hydrogens (tertiary/aromatic N) is 3. The molecule has 2 aromatic rings. The van der Waals surface area contributed by atoms with Crippen molar-refractivity contribution < 1.29 is 0 Å². The zero-order valence-corrected chi connectivity index (χ0v) is 12.6. The number of aromatic nitrogens is 3. The summed E-state index contributed by atoms with van der Waals surface area (Å²) in [6, 6.07) is 5.95. The van der Waals surface area contributed by atoms with Crippen LogP contribution in [0.4, 0.5) is 0 Å². The van der Waals surface area contributed by atoms with Gasteiger partial charge >= 0.3 is 0 Å². The number of halogens is 1. The highest BCUT2D eigenvalue weighted by Crippen LogP contribution is 2.22. The Morgan fingerprint density at radius 2 is 2.20 bits per heavy atom. The van der Waals surface area contributed by atoms with Gasteiger partial charge in [-0.3, -0.25) is 20.9 Å². The Bertz CT molecular complexity index is 552. The molecule has 6 heteroatoms. The maximum atomic E-state index is 6.33. The number of hydrazine groups is 1. The molecule has 0 fully saturated rings. The highest BCUT2D eigenvalue weighted by atomic mass is 35.5. The highest BCUT2D eigenvalue weighted by molar-refractivity contribution is 6.31. The second kappa shape index (κ2) is 6.83. The van der Waals surface area contributed by atoms with Crippen LogP contribution < -0.4 is 11.3 Å². The maximum Gasteiger partial charge on any atom is 0.0847 e. The van der Waals surface area contributed by atoms with Crippen molar-refractivity contribution in [3.05, 3.63) is 46.5 Å². The van der Waals surface area contributed by atoms with Crippen molar-refractivity contribution in [1.29, 1.82) is 0 Å². The minimum atomic E-state index is 0.0730. The topological polar surface area (TPSA) is 68.8 Å². The van der Waals surface area contributed by atoms with E-state index >= 15 is 0 Å². The summed E-state index contributed by atoms with van der Waals surface area (Å²) in [6.45, 7) is 4.77. The third-order valence-electron chi connectivity index (χ3n) is 3.31. The van der Waals surface area contributed by atoms with E-state index < -0.39 is 0 Å². The third-order valence-corrected chi connectivity index (χ3v) is 3.80. The fraction of sp³-hybridized carbons (Fsp3) is 0.429. The fourth-order valence-corrected chi connectivity index (χ4v) is 2.47. The van der Waals surface area contributed by atoms with Gasteiger partial charge in [0.15, 0.2) is 0 Å². The standard InChI is InChI=1S/C14H20ClN5/c1-3-20-13(14(15)10(2)19-20)9-12(18-16)8-11-6-4-5-7-17-11/h4-7,12,18H,3,8-9,16H2,1-2H3. The number of aryl methyl sites for hydroxylation is 2. The third kappa shape index (κ3) is 3.36. The molecule has 5 nitrogen and oxygen atoms in total. The average Bonchev–Trinajstić information content (AvgIpc) is 2.75. The van der Waals surface area contributed by atoms with Crippen LogP contribution in [-0.2, 0) is 19.4 Å². The summed E-state index contributed by atoms with van der Waals surface area (Å²) in [6.07, 6.45) is 3.26. The van der Waals surface area contributed by atoms with Crippen LogP contribution in [0.5, 0.6) is 0 Å². The van der Waals surface area contributed by atoms with Gasteiger partial charge in [-0.1, -0.05) is 17.7 Å². The van der Waals surface area contributed by atoms with Gasteiger partial charge in [0.2, 0.25) is 0 Å². The monoisotopic (exact) mass is 293 g/mol. The van der Waals surface area contributed by atoms with E-state index in [1.807, 2.05) is 29.8 Å². The lowest BCUT2D eigenvalue weighted by Gasteiger charge is -2.16. The van der Waals surface area contributed by atoms with Gasteiger partial charge in [0.25, 0.3) is 0 Å². The molecule has 3 N–H and O–H groups in total. The highest BCUT2D eigenvalue weighted by Gasteiger charge is 2.17. The van der Waals surface area contributed by atoms with Gasteiger partial charge in [-0.15, -0.1) is 0 Å². The number of nitrogens with two attached hydrogens (primary N) is 1. The Morgan fingerprint density at radius 3 is 2.80 bits per heavy atom. The molecule has 0 aliphatic heterocycles. The smallest absolute Gasteiger partial charge is 0.0847 e. The maximum absolute atomic E-state index is 6.33. The van der Waals surface area contributed by atoms with Gasteiger partial charge in [-0.05, 0) is 26.0 Å². The first-order chi connectivity index (χ1) is 9.65. The number of hydrogen-bond acceptors (Lipinski definition) is 4. The second-order valence-corrected chi connectivity index (χ2v) is 5.13. The summed E-state index contributed by atoms with van der Waals surface area (Å²) in [4.78, 5) is 4.33. The van der Waals surface area contributed by atoms with Crippen LogP contribution >= 0.6 is 11.6 Å². The molecule has 1 atom stereocenters. The van der Waals surface area contributed by atoms with Gasteiger partial charge in [0.1, 0.15) is 0 Å². The van der Waals surface area contributed by atoms with E-state index in [1.165, 1.54) is 0 Å². The van der Waals surface area contributed by atoms with Crippen LogP contribution in [0.2, 0.25) is 5.02 Å². The predicted octanol–water partition coefficient (Wildman–Crippen LogP) is 1.88. The first-order valence-corrected chi connectivity index (χ1v) is 7.11. The lowest BCUT2D eigenvalue weighted by Crippen LogP contribution is -2.39. The van der Waals surface area contributed by atoms with E-state index in [0.29, 0.717) is 0 Å². The molecular weight excluding hydrogens is 274 g/mol. The van der Waals surface area contributed by atoms with Crippen LogP contribution in [-0.4, -0.2) is 20.8 Å². The fourth-order valence-electron chi connectivity index (χ4n) is 2.26. The minimum absolute atomic E-state index is 0.0730. The predicted molar refractivity (Wildman–Crippen MR) is 80.4 cm³/mol. The van der Waals surface area contributed by atoms with E-state index in [9.17, 15) is 0 Å². The molecule has 20 heavy (non-hydrogen) atoms. The molecule has 0 aliphatic rings. The van der Waals surface area contributed by atoms with E-state index in [1.54, 1.807) is 6.20 Å². The summed E-state index contributed by atoms with van der Waals surface area (Å²) >= 11 is 6.33. The van der Waals surface area contributed by atoms with Crippen molar-refractivity contribution >= 4 is 11.6 Å². The summed E-state index contributed by atoms with van der Waals surface area (Å²) in [5.41, 5.74) is 5.73. The Labute approximate surface area is 124 Å². The van der Waals surface area contributed by atoms with Gasteiger partial charge < -0.3 is 0 Å². The van der Waals surface area contributed by atoms with Crippen LogP contribution in [0.3, 0.4) is 0 Å². The normalized spacial score (nSPS) is 12.6. The first-order valence-electron chi connectivity index (χ1n) is 6.73. The Hall–Kier alpha value is -1.43. The van der Waals surface area contributed by atoms with Crippen LogP contribution in [0.1, 0.15) is 24.0 Å². The first kappa shape index (κ1) is 15.0. The van der Waals surface area contributed by atoms with Crippen LogP contribution in [0.15, 0.2) is 24.4 Å². The van der Waals surface area contributed by atoms with E-state index in [2.05, 4.69) is 22.4 Å². The van der Waals surface area contributed by atoms with Crippen LogP contribution in [0, 0.1) is 6.92 Å². The van der Waals surface area contributed by atoms with Gasteiger partial charge in [0.05, 0.1) is 16.4 Å². The summed E-state index contributed by atoms with van der Waals surface area (Å²) < 4.78 is 1.93. The van der Waals surface area contributed by atoms with Crippen molar-refractivity contribution in [1.82, 2.24) is 20.2 Å². The number of rotatable bonds is 6. The van der Waals surface area contributed by atoms with E-state index in [-0.39, 0.29) is 6.04 Å². The number of hydrogen-bond donors (Lipinski definition) is 2. The van der Waals surface area contributed by atoms with Gasteiger partial charge in [-0.2, -0.15) is 5.10 Å². The average molecular weight is 294 g/mol. The molecule has 0 spiro atoms. The number of pyridine rings is 1. The lowest BCUT2D eigenvalue weighted by molar-refractivity contribution is 0.492. The molecule has 2 aromatic heterocycles. The molecule has 0 bridgehead atoms.